The van der Waals surface area contributed by atoms with Gasteiger partial charge in [-0.2, -0.15) is 0 Å². The van der Waals surface area contributed by atoms with Crippen molar-refractivity contribution >= 4 is 23.2 Å². The zero-order chi connectivity index (χ0) is 19.2. The van der Waals surface area contributed by atoms with Crippen LogP contribution >= 0.6 is 0 Å². The van der Waals surface area contributed by atoms with Crippen LogP contribution in [0.3, 0.4) is 0 Å². The van der Waals surface area contributed by atoms with Gasteiger partial charge in [0.2, 0.25) is 11.8 Å². The highest BCUT2D eigenvalue weighted by Crippen LogP contribution is 2.27. The Morgan fingerprint density at radius 1 is 0.815 bits per heavy atom. The smallest absolute Gasteiger partial charge is 0.236 e. The molecule has 0 saturated heterocycles. The van der Waals surface area contributed by atoms with Crippen LogP contribution in [0.5, 0.6) is 0 Å². The predicted octanol–water partition coefficient (Wildman–Crippen LogP) is 4.55. The first-order chi connectivity index (χ1) is 13.0. The molecule has 0 radical (unpaired) electrons. The molecule has 3 rings (SSSR count). The van der Waals surface area contributed by atoms with Crippen LogP contribution in [0.25, 0.3) is 0 Å². The van der Waals surface area contributed by atoms with Crippen molar-refractivity contribution in [3.63, 3.8) is 0 Å². The van der Waals surface area contributed by atoms with Gasteiger partial charge >= 0.3 is 0 Å². The molecule has 0 spiro atoms. The molecular formula is C22H19FN2O2. The minimum absolute atomic E-state index is 0.0168. The van der Waals surface area contributed by atoms with Crippen LogP contribution in [0.1, 0.15) is 24.0 Å². The van der Waals surface area contributed by atoms with Crippen LogP contribution in [-0.4, -0.2) is 11.8 Å². The molecule has 0 aromatic heterocycles. The normalized spacial score (nSPS) is 10.5. The van der Waals surface area contributed by atoms with Gasteiger partial charge < -0.3 is 10.6 Å². The summed E-state index contributed by atoms with van der Waals surface area (Å²) in [5.41, 5.74) is 2.04. The van der Waals surface area contributed by atoms with Gasteiger partial charge in [0, 0.05) is 12.6 Å². The van der Waals surface area contributed by atoms with E-state index in [1.807, 2.05) is 60.7 Å². The number of halogens is 1. The van der Waals surface area contributed by atoms with E-state index in [-0.39, 0.29) is 17.5 Å². The topological polar surface area (TPSA) is 58.2 Å². The van der Waals surface area contributed by atoms with E-state index in [0.29, 0.717) is 5.69 Å². The number of nitrogens with one attached hydrogen (secondary N) is 2. The molecule has 0 aliphatic heterocycles. The third-order valence-electron chi connectivity index (χ3n) is 4.07. The van der Waals surface area contributed by atoms with Crippen molar-refractivity contribution in [3.05, 3.63) is 95.8 Å². The lowest BCUT2D eigenvalue weighted by molar-refractivity contribution is -0.117. The van der Waals surface area contributed by atoms with Crippen LogP contribution in [-0.2, 0) is 9.59 Å². The number of anilines is 2. The molecule has 0 heterocycles. The van der Waals surface area contributed by atoms with Gasteiger partial charge in [0.1, 0.15) is 5.82 Å². The van der Waals surface area contributed by atoms with Crippen molar-refractivity contribution in [2.24, 2.45) is 0 Å². The van der Waals surface area contributed by atoms with E-state index >= 15 is 0 Å². The summed E-state index contributed by atoms with van der Waals surface area (Å²) >= 11 is 0. The zero-order valence-electron chi connectivity index (χ0n) is 14.8. The Kier molecular flexibility index (Phi) is 5.61. The molecule has 0 aliphatic carbocycles. The first-order valence-electron chi connectivity index (χ1n) is 8.52. The highest BCUT2D eigenvalue weighted by Gasteiger charge is 2.23. The lowest BCUT2D eigenvalue weighted by Crippen LogP contribution is -2.23. The van der Waals surface area contributed by atoms with Gasteiger partial charge in [-0.3, -0.25) is 9.59 Å². The summed E-state index contributed by atoms with van der Waals surface area (Å²) in [6.07, 6.45) is 0. The first-order valence-corrected chi connectivity index (χ1v) is 8.52. The Morgan fingerprint density at radius 2 is 1.37 bits per heavy atom. The standard InChI is InChI=1S/C22H19FN2O2/c1-15(26)24-18-12-13-19(23)20(14-18)25-22(27)21(16-8-4-2-5-9-16)17-10-6-3-7-11-17/h2-14,21H,1H3,(H,24,26)(H,25,27). The number of carbonyl (C=O) groups is 2. The summed E-state index contributed by atoms with van der Waals surface area (Å²) in [6.45, 7) is 1.36. The molecule has 2 N–H and O–H groups in total. The van der Waals surface area contributed by atoms with Gasteiger partial charge in [0.15, 0.2) is 0 Å². The molecule has 0 atom stereocenters. The Labute approximate surface area is 157 Å². The third-order valence-corrected chi connectivity index (χ3v) is 4.07. The van der Waals surface area contributed by atoms with E-state index in [9.17, 15) is 14.0 Å². The molecule has 3 aromatic carbocycles. The lowest BCUT2D eigenvalue weighted by Gasteiger charge is -2.18. The molecule has 0 aliphatic rings. The summed E-state index contributed by atoms with van der Waals surface area (Å²) in [7, 11) is 0. The second-order valence-electron chi connectivity index (χ2n) is 6.12. The Morgan fingerprint density at radius 3 is 1.89 bits per heavy atom. The second kappa shape index (κ2) is 8.27. The van der Waals surface area contributed by atoms with Crippen molar-refractivity contribution in [3.8, 4) is 0 Å². The second-order valence-corrected chi connectivity index (χ2v) is 6.12. The number of rotatable bonds is 5. The molecule has 5 heteroatoms. The molecule has 2 amide bonds. The van der Waals surface area contributed by atoms with E-state index < -0.39 is 11.7 Å². The lowest BCUT2D eigenvalue weighted by atomic mass is 9.90. The fourth-order valence-electron chi connectivity index (χ4n) is 2.89. The molecule has 4 nitrogen and oxygen atoms in total. The van der Waals surface area contributed by atoms with Crippen LogP contribution in [0, 0.1) is 5.82 Å². The highest BCUT2D eigenvalue weighted by molar-refractivity contribution is 5.99. The number of hydrogen-bond donors (Lipinski definition) is 2. The summed E-state index contributed by atoms with van der Waals surface area (Å²) in [4.78, 5) is 24.3. The maximum atomic E-state index is 14.2. The summed E-state index contributed by atoms with van der Waals surface area (Å²) in [6, 6.07) is 22.7. The van der Waals surface area contributed by atoms with Gasteiger partial charge in [0.05, 0.1) is 11.6 Å². The zero-order valence-corrected chi connectivity index (χ0v) is 14.8. The molecule has 0 unspecified atom stereocenters. The van der Waals surface area contributed by atoms with Crippen molar-refractivity contribution < 1.29 is 14.0 Å². The molecule has 0 bridgehead atoms. The molecular weight excluding hydrogens is 343 g/mol. The summed E-state index contributed by atoms with van der Waals surface area (Å²) in [5.74, 6) is -1.79. The van der Waals surface area contributed by atoms with Crippen molar-refractivity contribution in [1.29, 1.82) is 0 Å². The number of hydrogen-bond acceptors (Lipinski definition) is 2. The average molecular weight is 362 g/mol. The molecule has 27 heavy (non-hydrogen) atoms. The van der Waals surface area contributed by atoms with E-state index in [2.05, 4.69) is 10.6 Å². The van der Waals surface area contributed by atoms with Gasteiger partial charge in [-0.05, 0) is 29.3 Å². The minimum Gasteiger partial charge on any atom is -0.326 e. The summed E-state index contributed by atoms with van der Waals surface area (Å²) < 4.78 is 14.2. The van der Waals surface area contributed by atoms with E-state index in [1.165, 1.54) is 25.1 Å². The predicted molar refractivity (Wildman–Crippen MR) is 104 cm³/mol. The van der Waals surface area contributed by atoms with Crippen molar-refractivity contribution in [2.45, 2.75) is 12.8 Å². The highest BCUT2D eigenvalue weighted by atomic mass is 19.1. The third kappa shape index (κ3) is 4.58. The first kappa shape index (κ1) is 18.3. The van der Waals surface area contributed by atoms with Gasteiger partial charge in [-0.25, -0.2) is 4.39 Å². The molecule has 0 fully saturated rings. The van der Waals surface area contributed by atoms with E-state index in [1.54, 1.807) is 0 Å². The van der Waals surface area contributed by atoms with Crippen LogP contribution in [0.2, 0.25) is 0 Å². The quantitative estimate of drug-likeness (QED) is 0.699. The maximum absolute atomic E-state index is 14.2. The largest absolute Gasteiger partial charge is 0.326 e. The van der Waals surface area contributed by atoms with E-state index in [4.69, 9.17) is 0 Å². The van der Waals surface area contributed by atoms with Crippen LogP contribution in [0.4, 0.5) is 15.8 Å². The fraction of sp³-hybridized carbons (Fsp3) is 0.0909. The summed E-state index contributed by atoms with van der Waals surface area (Å²) in [5, 5.41) is 5.24. The number of benzene rings is 3. The Bertz CT molecular complexity index is 904. The number of amides is 2. The van der Waals surface area contributed by atoms with Crippen LogP contribution in [0.15, 0.2) is 78.9 Å². The molecule has 0 saturated carbocycles. The number of carbonyl (C=O) groups excluding carboxylic acids is 2. The fourth-order valence-corrected chi connectivity index (χ4v) is 2.89. The Hall–Kier alpha value is -3.47. The maximum Gasteiger partial charge on any atom is 0.236 e. The van der Waals surface area contributed by atoms with Crippen molar-refractivity contribution in [2.75, 3.05) is 10.6 Å². The van der Waals surface area contributed by atoms with Crippen molar-refractivity contribution in [1.82, 2.24) is 0 Å². The minimum atomic E-state index is -0.587. The van der Waals surface area contributed by atoms with Gasteiger partial charge in [-0.15, -0.1) is 0 Å². The van der Waals surface area contributed by atoms with Crippen LogP contribution < -0.4 is 10.6 Å². The van der Waals surface area contributed by atoms with E-state index in [0.717, 1.165) is 11.1 Å². The Balaban J connectivity index is 1.93. The average Bonchev–Trinajstić information content (AvgIpc) is 2.66. The molecule has 136 valence electrons. The monoisotopic (exact) mass is 362 g/mol. The van der Waals surface area contributed by atoms with Gasteiger partial charge in [0.25, 0.3) is 0 Å². The molecule has 3 aromatic rings. The SMILES string of the molecule is CC(=O)Nc1ccc(F)c(NC(=O)C(c2ccccc2)c2ccccc2)c1. The van der Waals surface area contributed by atoms with Gasteiger partial charge in [-0.1, -0.05) is 60.7 Å².